The fraction of sp³-hybridized carbons (Fsp3) is 0.200. The molecule has 1 aromatic heterocycles. The van der Waals surface area contributed by atoms with Crippen LogP contribution in [0.4, 0.5) is 0 Å². The maximum absolute atomic E-state index is 11.4. The molecule has 0 spiro atoms. The smallest absolute Gasteiger partial charge is 0.307 e. The standard InChI is InChI=1S/C15H14ClNO2/c16-14-10-17-7-6-12(14)9-13(15(18)19)8-11-4-2-1-3-5-11/h1-7,10,13H,8-9H2,(H,18,19). The summed E-state index contributed by atoms with van der Waals surface area (Å²) in [5.74, 6) is -1.29. The molecule has 2 rings (SSSR count). The van der Waals surface area contributed by atoms with E-state index in [1.165, 1.54) is 6.20 Å². The quantitative estimate of drug-likeness (QED) is 0.911. The Kier molecular flexibility index (Phi) is 4.53. The van der Waals surface area contributed by atoms with Crippen molar-refractivity contribution in [3.8, 4) is 0 Å². The van der Waals surface area contributed by atoms with Gasteiger partial charge in [0, 0.05) is 12.4 Å². The second-order valence-corrected chi connectivity index (χ2v) is 4.80. The van der Waals surface area contributed by atoms with Crippen molar-refractivity contribution in [2.75, 3.05) is 0 Å². The van der Waals surface area contributed by atoms with Crippen molar-refractivity contribution in [3.63, 3.8) is 0 Å². The Morgan fingerprint density at radius 2 is 1.95 bits per heavy atom. The summed E-state index contributed by atoms with van der Waals surface area (Å²) in [6.07, 6.45) is 4.07. The lowest BCUT2D eigenvalue weighted by atomic mass is 9.93. The predicted octanol–water partition coefficient (Wildman–Crippen LogP) is 3.22. The molecule has 3 nitrogen and oxygen atoms in total. The van der Waals surface area contributed by atoms with Crippen molar-refractivity contribution in [2.24, 2.45) is 5.92 Å². The highest BCUT2D eigenvalue weighted by atomic mass is 35.5. The van der Waals surface area contributed by atoms with Crippen LogP contribution in [-0.4, -0.2) is 16.1 Å². The average Bonchev–Trinajstić information content (AvgIpc) is 2.41. The molecular weight excluding hydrogens is 262 g/mol. The van der Waals surface area contributed by atoms with Crippen molar-refractivity contribution in [3.05, 3.63) is 64.9 Å². The molecule has 2 aromatic rings. The van der Waals surface area contributed by atoms with E-state index in [4.69, 9.17) is 11.6 Å². The van der Waals surface area contributed by atoms with Crippen molar-refractivity contribution in [1.29, 1.82) is 0 Å². The first-order valence-electron chi connectivity index (χ1n) is 6.02. The Balaban J connectivity index is 2.13. The molecule has 1 heterocycles. The topological polar surface area (TPSA) is 50.2 Å². The van der Waals surface area contributed by atoms with Crippen LogP contribution >= 0.6 is 11.6 Å². The molecular formula is C15H14ClNO2. The largest absolute Gasteiger partial charge is 0.481 e. The maximum Gasteiger partial charge on any atom is 0.307 e. The first-order valence-corrected chi connectivity index (χ1v) is 6.39. The van der Waals surface area contributed by atoms with Gasteiger partial charge in [0.25, 0.3) is 0 Å². The highest BCUT2D eigenvalue weighted by Gasteiger charge is 2.19. The molecule has 0 aliphatic heterocycles. The van der Waals surface area contributed by atoms with E-state index in [1.54, 1.807) is 12.3 Å². The molecule has 98 valence electrons. The summed E-state index contributed by atoms with van der Waals surface area (Å²) < 4.78 is 0. The molecule has 0 fully saturated rings. The summed E-state index contributed by atoms with van der Waals surface area (Å²) in [4.78, 5) is 15.3. The van der Waals surface area contributed by atoms with Crippen LogP contribution < -0.4 is 0 Å². The van der Waals surface area contributed by atoms with E-state index in [0.717, 1.165) is 11.1 Å². The van der Waals surface area contributed by atoms with Gasteiger partial charge in [-0.05, 0) is 30.0 Å². The Morgan fingerprint density at radius 1 is 1.21 bits per heavy atom. The number of aliphatic carboxylic acids is 1. The van der Waals surface area contributed by atoms with Crippen LogP contribution in [0.2, 0.25) is 5.02 Å². The third kappa shape index (κ3) is 3.80. The van der Waals surface area contributed by atoms with Crippen LogP contribution in [0.15, 0.2) is 48.8 Å². The molecule has 0 radical (unpaired) electrons. The zero-order valence-electron chi connectivity index (χ0n) is 10.3. The molecule has 0 amide bonds. The molecule has 19 heavy (non-hydrogen) atoms. The van der Waals surface area contributed by atoms with Gasteiger partial charge in [-0.3, -0.25) is 9.78 Å². The zero-order valence-corrected chi connectivity index (χ0v) is 11.0. The maximum atomic E-state index is 11.4. The van der Waals surface area contributed by atoms with Crippen LogP contribution in [0.5, 0.6) is 0 Å². The molecule has 0 bridgehead atoms. The molecule has 4 heteroatoms. The molecule has 0 aliphatic rings. The minimum atomic E-state index is -0.809. The highest BCUT2D eigenvalue weighted by Crippen LogP contribution is 2.20. The van der Waals surface area contributed by atoms with Gasteiger partial charge in [-0.2, -0.15) is 0 Å². The van der Waals surface area contributed by atoms with E-state index >= 15 is 0 Å². The summed E-state index contributed by atoms with van der Waals surface area (Å²) in [7, 11) is 0. The van der Waals surface area contributed by atoms with Crippen molar-refractivity contribution in [2.45, 2.75) is 12.8 Å². The third-order valence-corrected chi connectivity index (χ3v) is 3.34. The molecule has 1 unspecified atom stereocenters. The minimum Gasteiger partial charge on any atom is -0.481 e. The molecule has 1 N–H and O–H groups in total. The van der Waals surface area contributed by atoms with Crippen LogP contribution in [0.3, 0.4) is 0 Å². The molecule has 0 saturated carbocycles. The van der Waals surface area contributed by atoms with Crippen LogP contribution in [0, 0.1) is 5.92 Å². The number of benzene rings is 1. The second-order valence-electron chi connectivity index (χ2n) is 4.40. The van der Waals surface area contributed by atoms with Gasteiger partial charge >= 0.3 is 5.97 Å². The number of hydrogen-bond acceptors (Lipinski definition) is 2. The van der Waals surface area contributed by atoms with E-state index in [9.17, 15) is 9.90 Å². The summed E-state index contributed by atoms with van der Waals surface area (Å²) in [6, 6.07) is 11.4. The lowest BCUT2D eigenvalue weighted by Gasteiger charge is -2.13. The van der Waals surface area contributed by atoms with Crippen LogP contribution in [0.1, 0.15) is 11.1 Å². The van der Waals surface area contributed by atoms with Crippen molar-refractivity contribution >= 4 is 17.6 Å². The van der Waals surface area contributed by atoms with Gasteiger partial charge in [0.2, 0.25) is 0 Å². The SMILES string of the molecule is O=C(O)C(Cc1ccccc1)Cc1ccncc1Cl. The van der Waals surface area contributed by atoms with E-state index in [1.807, 2.05) is 30.3 Å². The Bertz CT molecular complexity index is 557. The van der Waals surface area contributed by atoms with Gasteiger partial charge in [-0.1, -0.05) is 41.9 Å². The van der Waals surface area contributed by atoms with Gasteiger partial charge in [-0.25, -0.2) is 0 Å². The lowest BCUT2D eigenvalue weighted by molar-refractivity contribution is -0.141. The van der Waals surface area contributed by atoms with E-state index < -0.39 is 11.9 Å². The number of carboxylic acid groups (broad SMARTS) is 1. The number of aromatic nitrogens is 1. The average molecular weight is 276 g/mol. The summed E-state index contributed by atoms with van der Waals surface area (Å²) >= 11 is 6.02. The van der Waals surface area contributed by atoms with Gasteiger partial charge < -0.3 is 5.11 Å². The Hall–Kier alpha value is -1.87. The summed E-state index contributed by atoms with van der Waals surface area (Å²) in [5, 5.41) is 9.84. The number of nitrogens with zero attached hydrogens (tertiary/aromatic N) is 1. The highest BCUT2D eigenvalue weighted by molar-refractivity contribution is 6.31. The number of rotatable bonds is 5. The lowest BCUT2D eigenvalue weighted by Crippen LogP contribution is -2.19. The van der Waals surface area contributed by atoms with Gasteiger partial charge in [-0.15, -0.1) is 0 Å². The minimum absolute atomic E-state index is 0.408. The van der Waals surface area contributed by atoms with E-state index in [-0.39, 0.29) is 0 Å². The third-order valence-electron chi connectivity index (χ3n) is 3.00. The van der Waals surface area contributed by atoms with Crippen molar-refractivity contribution in [1.82, 2.24) is 4.98 Å². The van der Waals surface area contributed by atoms with Crippen LogP contribution in [-0.2, 0) is 17.6 Å². The number of pyridine rings is 1. The van der Waals surface area contributed by atoms with E-state index in [0.29, 0.717) is 17.9 Å². The first-order chi connectivity index (χ1) is 9.16. The first kappa shape index (κ1) is 13.6. The predicted molar refractivity (Wildman–Crippen MR) is 74.2 cm³/mol. The number of hydrogen-bond donors (Lipinski definition) is 1. The number of carbonyl (C=O) groups is 1. The second kappa shape index (κ2) is 6.34. The Labute approximate surface area is 116 Å². The number of carboxylic acids is 1. The van der Waals surface area contributed by atoms with Crippen molar-refractivity contribution < 1.29 is 9.90 Å². The van der Waals surface area contributed by atoms with Crippen LogP contribution in [0.25, 0.3) is 0 Å². The molecule has 0 saturated heterocycles. The molecule has 0 aliphatic carbocycles. The van der Waals surface area contributed by atoms with E-state index in [2.05, 4.69) is 4.98 Å². The van der Waals surface area contributed by atoms with Gasteiger partial charge in [0.15, 0.2) is 0 Å². The summed E-state index contributed by atoms with van der Waals surface area (Å²) in [6.45, 7) is 0. The fourth-order valence-electron chi connectivity index (χ4n) is 1.98. The zero-order chi connectivity index (χ0) is 13.7. The Morgan fingerprint density at radius 3 is 2.58 bits per heavy atom. The normalized spacial score (nSPS) is 12.1. The monoisotopic (exact) mass is 275 g/mol. The summed E-state index contributed by atoms with van der Waals surface area (Å²) in [5.41, 5.74) is 1.83. The number of halogens is 1. The molecule has 1 aromatic carbocycles. The fourth-order valence-corrected chi connectivity index (χ4v) is 2.18. The van der Waals surface area contributed by atoms with Gasteiger partial charge in [0.05, 0.1) is 10.9 Å². The van der Waals surface area contributed by atoms with Gasteiger partial charge in [0.1, 0.15) is 0 Å². The molecule has 1 atom stereocenters.